The second-order valence-electron chi connectivity index (χ2n) is 9.32. The van der Waals surface area contributed by atoms with Crippen LogP contribution in [0.15, 0.2) is 48.5 Å². The SMILES string of the molecule is CN(Cc1cccc(-c2ccc(CN3CCC(CO)CC3)cc2)c1)C(=O)CN.O=C(O)[C@H](O)[C@@H](O)C(=O)O. The minimum atomic E-state index is -2.27. The number of carboxylic acid groups (broad SMARTS) is 2. The molecule has 3 rings (SSSR count). The molecule has 1 amide bonds. The summed E-state index contributed by atoms with van der Waals surface area (Å²) in [6.45, 7) is 4.00. The summed E-state index contributed by atoms with van der Waals surface area (Å²) in [5.74, 6) is -3.12. The summed E-state index contributed by atoms with van der Waals surface area (Å²) in [7, 11) is 1.78. The highest BCUT2D eigenvalue weighted by Crippen LogP contribution is 2.23. The number of amides is 1. The van der Waals surface area contributed by atoms with Crippen molar-refractivity contribution in [3.05, 3.63) is 59.7 Å². The van der Waals surface area contributed by atoms with Crippen LogP contribution in [0, 0.1) is 5.92 Å². The maximum atomic E-state index is 11.7. The molecule has 0 aromatic heterocycles. The third kappa shape index (κ3) is 9.51. The number of nitrogens with zero attached hydrogens (tertiary/aromatic N) is 2. The monoisotopic (exact) mass is 531 g/mol. The first-order valence-electron chi connectivity index (χ1n) is 12.3. The second kappa shape index (κ2) is 15.2. The van der Waals surface area contributed by atoms with Gasteiger partial charge in [-0.2, -0.15) is 0 Å². The van der Waals surface area contributed by atoms with Crippen molar-refractivity contribution in [1.29, 1.82) is 0 Å². The van der Waals surface area contributed by atoms with Gasteiger partial charge in [0, 0.05) is 26.7 Å². The van der Waals surface area contributed by atoms with E-state index in [0.717, 1.165) is 43.6 Å². The van der Waals surface area contributed by atoms with E-state index in [1.165, 1.54) is 11.1 Å². The number of piperidine rings is 1. The number of likely N-dealkylation sites (tertiary alicyclic amines) is 1. The topological polar surface area (TPSA) is 185 Å². The van der Waals surface area contributed by atoms with E-state index in [9.17, 15) is 19.5 Å². The Morgan fingerprint density at radius 2 is 1.53 bits per heavy atom. The van der Waals surface area contributed by atoms with E-state index in [-0.39, 0.29) is 12.5 Å². The Labute approximate surface area is 221 Å². The summed E-state index contributed by atoms with van der Waals surface area (Å²) in [5, 5.41) is 41.8. The predicted molar refractivity (Wildman–Crippen MR) is 140 cm³/mol. The lowest BCUT2D eigenvalue weighted by atomic mass is 9.97. The maximum absolute atomic E-state index is 11.7. The Kier molecular flexibility index (Phi) is 12.3. The summed E-state index contributed by atoms with van der Waals surface area (Å²) in [4.78, 5) is 35.4. The molecule has 11 nitrogen and oxygen atoms in total. The number of hydrogen-bond donors (Lipinski definition) is 6. The first-order chi connectivity index (χ1) is 18.0. The number of aliphatic carboxylic acids is 2. The minimum Gasteiger partial charge on any atom is -0.479 e. The molecule has 1 aliphatic rings. The average Bonchev–Trinajstić information content (AvgIpc) is 2.92. The number of carbonyl (C=O) groups excluding carboxylic acids is 1. The van der Waals surface area contributed by atoms with Gasteiger partial charge >= 0.3 is 11.9 Å². The number of likely N-dealkylation sites (N-methyl/N-ethyl adjacent to an activating group) is 1. The molecule has 1 saturated heterocycles. The fraction of sp³-hybridized carbons (Fsp3) is 0.444. The van der Waals surface area contributed by atoms with E-state index in [4.69, 9.17) is 26.2 Å². The first-order valence-corrected chi connectivity index (χ1v) is 12.3. The van der Waals surface area contributed by atoms with E-state index in [1.54, 1.807) is 11.9 Å². The van der Waals surface area contributed by atoms with E-state index < -0.39 is 24.1 Å². The zero-order valence-corrected chi connectivity index (χ0v) is 21.4. The number of aliphatic hydroxyl groups excluding tert-OH is 3. The van der Waals surface area contributed by atoms with Crippen LogP contribution in [0.25, 0.3) is 11.1 Å². The summed E-state index contributed by atoms with van der Waals surface area (Å²) in [5.41, 5.74) is 10.2. The van der Waals surface area contributed by atoms with Crippen LogP contribution in [0.1, 0.15) is 24.0 Å². The summed E-state index contributed by atoms with van der Waals surface area (Å²) < 4.78 is 0. The zero-order chi connectivity index (χ0) is 28.2. The van der Waals surface area contributed by atoms with Crippen LogP contribution in [0.5, 0.6) is 0 Å². The van der Waals surface area contributed by atoms with Crippen molar-refractivity contribution < 1.29 is 39.9 Å². The van der Waals surface area contributed by atoms with Crippen LogP contribution < -0.4 is 5.73 Å². The molecule has 0 aliphatic carbocycles. The molecule has 7 N–H and O–H groups in total. The molecule has 0 unspecified atom stereocenters. The molecule has 0 bridgehead atoms. The van der Waals surface area contributed by atoms with Crippen molar-refractivity contribution in [2.45, 2.75) is 38.1 Å². The molecule has 0 saturated carbocycles. The van der Waals surface area contributed by atoms with Gasteiger partial charge in [0.1, 0.15) is 0 Å². The van der Waals surface area contributed by atoms with Crippen LogP contribution >= 0.6 is 0 Å². The van der Waals surface area contributed by atoms with Crippen molar-refractivity contribution in [1.82, 2.24) is 9.80 Å². The van der Waals surface area contributed by atoms with Crippen LogP contribution in [-0.4, -0.2) is 98.7 Å². The number of hydrogen-bond acceptors (Lipinski definition) is 8. The highest BCUT2D eigenvalue weighted by molar-refractivity contribution is 5.83. The predicted octanol–water partition coefficient (Wildman–Crippen LogP) is 0.352. The fourth-order valence-corrected chi connectivity index (χ4v) is 4.03. The van der Waals surface area contributed by atoms with Crippen LogP contribution in [0.2, 0.25) is 0 Å². The molecule has 208 valence electrons. The standard InChI is InChI=1S/C23H31N3O2.C4H6O6/c1-25(23(28)14-24)15-20-3-2-4-22(13-20)21-7-5-18(6-8-21)16-26-11-9-19(17-27)10-12-26;5-1(3(7)8)2(6)4(9)10/h2-8,13,19,27H,9-12,14-17,24H2,1H3;1-2,5-6H,(H,7,8)(H,9,10)/t;1-,2-/m.1/s1. The quantitative estimate of drug-likeness (QED) is 0.250. The van der Waals surface area contributed by atoms with Crippen molar-refractivity contribution in [3.8, 4) is 11.1 Å². The minimum absolute atomic E-state index is 0.0370. The van der Waals surface area contributed by atoms with Gasteiger partial charge in [-0.05, 0) is 60.2 Å². The Bertz CT molecular complexity index is 1040. The molecule has 38 heavy (non-hydrogen) atoms. The summed E-state index contributed by atoms with van der Waals surface area (Å²) in [6.07, 6.45) is -2.36. The summed E-state index contributed by atoms with van der Waals surface area (Å²) in [6, 6.07) is 17.0. The third-order valence-corrected chi connectivity index (χ3v) is 6.41. The highest BCUT2D eigenvalue weighted by atomic mass is 16.4. The average molecular weight is 532 g/mol. The van der Waals surface area contributed by atoms with Gasteiger partial charge in [0.2, 0.25) is 5.91 Å². The lowest BCUT2D eigenvalue weighted by Crippen LogP contribution is -2.39. The van der Waals surface area contributed by atoms with Gasteiger partial charge in [0.15, 0.2) is 12.2 Å². The van der Waals surface area contributed by atoms with Gasteiger partial charge in [0.25, 0.3) is 0 Å². The molecule has 0 spiro atoms. The van der Waals surface area contributed by atoms with Crippen molar-refractivity contribution in [3.63, 3.8) is 0 Å². The van der Waals surface area contributed by atoms with Gasteiger partial charge in [0.05, 0.1) is 6.54 Å². The number of rotatable bonds is 10. The number of nitrogens with two attached hydrogens (primary N) is 1. The van der Waals surface area contributed by atoms with Crippen molar-refractivity contribution >= 4 is 17.8 Å². The van der Waals surface area contributed by atoms with Gasteiger partial charge in [-0.1, -0.05) is 42.5 Å². The number of benzene rings is 2. The molecular formula is C27H37N3O8. The Morgan fingerprint density at radius 3 is 2.03 bits per heavy atom. The molecule has 1 aliphatic heterocycles. The number of aliphatic hydroxyl groups is 3. The van der Waals surface area contributed by atoms with Gasteiger partial charge in [-0.25, -0.2) is 9.59 Å². The third-order valence-electron chi connectivity index (χ3n) is 6.41. The number of carbonyl (C=O) groups is 3. The van der Waals surface area contributed by atoms with Crippen molar-refractivity contribution in [2.75, 3.05) is 33.3 Å². The lowest BCUT2D eigenvalue weighted by Gasteiger charge is -2.31. The van der Waals surface area contributed by atoms with Crippen LogP contribution in [0.3, 0.4) is 0 Å². The van der Waals surface area contributed by atoms with E-state index in [1.807, 2.05) is 12.1 Å². The maximum Gasteiger partial charge on any atom is 0.335 e. The van der Waals surface area contributed by atoms with Crippen molar-refractivity contribution in [2.24, 2.45) is 11.7 Å². The molecule has 1 heterocycles. The van der Waals surface area contributed by atoms with E-state index in [0.29, 0.717) is 19.1 Å². The normalized spacial score (nSPS) is 15.6. The Morgan fingerprint density at radius 1 is 0.947 bits per heavy atom. The Balaban J connectivity index is 0.000000432. The zero-order valence-electron chi connectivity index (χ0n) is 21.4. The molecular weight excluding hydrogens is 494 g/mol. The largest absolute Gasteiger partial charge is 0.479 e. The van der Waals surface area contributed by atoms with E-state index >= 15 is 0 Å². The van der Waals surface area contributed by atoms with E-state index in [2.05, 4.69) is 41.3 Å². The highest BCUT2D eigenvalue weighted by Gasteiger charge is 2.29. The molecule has 1 fully saturated rings. The van der Waals surface area contributed by atoms with Gasteiger partial charge in [-0.3, -0.25) is 9.69 Å². The van der Waals surface area contributed by atoms with Crippen LogP contribution in [0.4, 0.5) is 0 Å². The Hall–Kier alpha value is -3.35. The first kappa shape index (κ1) is 30.9. The fourth-order valence-electron chi connectivity index (χ4n) is 4.03. The lowest BCUT2D eigenvalue weighted by molar-refractivity contribution is -0.165. The molecule has 2 aromatic carbocycles. The number of carboxylic acids is 2. The smallest absolute Gasteiger partial charge is 0.335 e. The molecule has 0 radical (unpaired) electrons. The summed E-state index contributed by atoms with van der Waals surface area (Å²) >= 11 is 0. The van der Waals surface area contributed by atoms with Crippen LogP contribution in [-0.2, 0) is 27.5 Å². The molecule has 2 aromatic rings. The van der Waals surface area contributed by atoms with Gasteiger partial charge in [-0.15, -0.1) is 0 Å². The van der Waals surface area contributed by atoms with Gasteiger partial charge < -0.3 is 36.2 Å². The molecule has 11 heteroatoms. The second-order valence-corrected chi connectivity index (χ2v) is 9.32. The molecule has 2 atom stereocenters.